The fourth-order valence-electron chi connectivity index (χ4n) is 2.88. The molecule has 1 rings (SSSR count). The van der Waals surface area contributed by atoms with Gasteiger partial charge in [0.1, 0.15) is 0 Å². The SMILES string of the molecule is CCOCCCCNC(=NC)NCCCN1CC(C)OC(C)C1. The summed E-state index contributed by atoms with van der Waals surface area (Å²) in [6.07, 6.45) is 4.00. The molecule has 0 bridgehead atoms. The molecule has 2 N–H and O–H groups in total. The van der Waals surface area contributed by atoms with Crippen molar-refractivity contribution in [2.45, 2.75) is 52.2 Å². The highest BCUT2D eigenvalue weighted by Gasteiger charge is 2.21. The standard InChI is InChI=1S/C17H36N4O2/c1-5-22-12-7-6-9-19-17(18-4)20-10-8-11-21-13-15(2)23-16(3)14-21/h15-16H,5-14H2,1-4H3,(H2,18,19,20). The van der Waals surface area contributed by atoms with E-state index in [2.05, 4.69) is 34.4 Å². The summed E-state index contributed by atoms with van der Waals surface area (Å²) in [6.45, 7) is 13.0. The third kappa shape index (κ3) is 9.79. The monoisotopic (exact) mass is 328 g/mol. The normalized spacial score (nSPS) is 23.0. The maximum absolute atomic E-state index is 5.76. The minimum absolute atomic E-state index is 0.345. The van der Waals surface area contributed by atoms with Gasteiger partial charge in [0.2, 0.25) is 0 Å². The first-order valence-corrected chi connectivity index (χ1v) is 9.05. The summed E-state index contributed by atoms with van der Waals surface area (Å²) in [5.41, 5.74) is 0. The van der Waals surface area contributed by atoms with Crippen LogP contribution in [-0.2, 0) is 9.47 Å². The lowest BCUT2D eigenvalue weighted by molar-refractivity contribution is -0.0679. The van der Waals surface area contributed by atoms with Gasteiger partial charge < -0.3 is 20.1 Å². The van der Waals surface area contributed by atoms with Gasteiger partial charge in [-0.3, -0.25) is 9.89 Å². The third-order valence-electron chi connectivity index (χ3n) is 3.87. The predicted octanol–water partition coefficient (Wildman–Crippen LogP) is 1.47. The molecule has 0 spiro atoms. The van der Waals surface area contributed by atoms with E-state index in [9.17, 15) is 0 Å². The van der Waals surface area contributed by atoms with Crippen LogP contribution in [0.15, 0.2) is 4.99 Å². The molecule has 1 aliphatic heterocycles. The van der Waals surface area contributed by atoms with Crippen LogP contribution in [0.1, 0.15) is 40.0 Å². The van der Waals surface area contributed by atoms with Gasteiger partial charge in [-0.25, -0.2) is 0 Å². The van der Waals surface area contributed by atoms with Crippen molar-refractivity contribution in [3.05, 3.63) is 0 Å². The number of nitrogens with one attached hydrogen (secondary N) is 2. The van der Waals surface area contributed by atoms with Gasteiger partial charge in [0.25, 0.3) is 0 Å². The van der Waals surface area contributed by atoms with Gasteiger partial charge in [-0.2, -0.15) is 0 Å². The molecule has 136 valence electrons. The molecule has 23 heavy (non-hydrogen) atoms. The minimum Gasteiger partial charge on any atom is -0.382 e. The van der Waals surface area contributed by atoms with E-state index in [0.717, 1.165) is 71.2 Å². The number of guanidine groups is 1. The van der Waals surface area contributed by atoms with Crippen LogP contribution in [0.4, 0.5) is 0 Å². The van der Waals surface area contributed by atoms with Crippen LogP contribution < -0.4 is 10.6 Å². The Kier molecular flexibility index (Phi) is 11.0. The van der Waals surface area contributed by atoms with Gasteiger partial charge in [-0.1, -0.05) is 0 Å². The van der Waals surface area contributed by atoms with E-state index in [0.29, 0.717) is 12.2 Å². The molecule has 1 fully saturated rings. The highest BCUT2D eigenvalue weighted by molar-refractivity contribution is 5.79. The molecule has 0 saturated carbocycles. The number of aliphatic imine (C=N–C) groups is 1. The van der Waals surface area contributed by atoms with Crippen molar-refractivity contribution in [2.24, 2.45) is 4.99 Å². The quantitative estimate of drug-likeness (QED) is 0.361. The molecule has 0 amide bonds. The molecule has 1 aliphatic rings. The molecule has 2 atom stereocenters. The Morgan fingerprint density at radius 1 is 1.13 bits per heavy atom. The fourth-order valence-corrected chi connectivity index (χ4v) is 2.88. The maximum Gasteiger partial charge on any atom is 0.190 e. The molecule has 1 heterocycles. The summed E-state index contributed by atoms with van der Waals surface area (Å²) in [5.74, 6) is 0.894. The first kappa shape index (κ1) is 20.2. The van der Waals surface area contributed by atoms with Crippen LogP contribution >= 0.6 is 0 Å². The Bertz CT molecular complexity index is 316. The molecule has 0 aromatic carbocycles. The number of morpholine rings is 1. The number of nitrogens with zero attached hydrogens (tertiary/aromatic N) is 2. The summed E-state index contributed by atoms with van der Waals surface area (Å²) < 4.78 is 11.1. The molecular formula is C17H36N4O2. The zero-order chi connectivity index (χ0) is 16.9. The zero-order valence-electron chi connectivity index (χ0n) is 15.4. The highest BCUT2D eigenvalue weighted by Crippen LogP contribution is 2.10. The summed E-state index contributed by atoms with van der Waals surface area (Å²) >= 11 is 0. The van der Waals surface area contributed by atoms with Gasteiger partial charge in [-0.15, -0.1) is 0 Å². The maximum atomic E-state index is 5.76. The predicted molar refractivity (Wildman–Crippen MR) is 96.2 cm³/mol. The minimum atomic E-state index is 0.345. The molecule has 0 aromatic rings. The smallest absolute Gasteiger partial charge is 0.190 e. The van der Waals surface area contributed by atoms with Crippen molar-refractivity contribution in [3.63, 3.8) is 0 Å². The van der Waals surface area contributed by atoms with Crippen molar-refractivity contribution < 1.29 is 9.47 Å². The van der Waals surface area contributed by atoms with Crippen LogP contribution in [0, 0.1) is 0 Å². The van der Waals surface area contributed by atoms with Crippen LogP contribution in [0.5, 0.6) is 0 Å². The second kappa shape index (κ2) is 12.6. The molecule has 0 aliphatic carbocycles. The topological polar surface area (TPSA) is 58.1 Å². The van der Waals surface area contributed by atoms with Crippen LogP contribution in [0.3, 0.4) is 0 Å². The van der Waals surface area contributed by atoms with E-state index < -0.39 is 0 Å². The van der Waals surface area contributed by atoms with Crippen LogP contribution in [-0.4, -0.2) is 76.1 Å². The van der Waals surface area contributed by atoms with E-state index in [1.165, 1.54) is 0 Å². The molecule has 0 radical (unpaired) electrons. The first-order chi connectivity index (χ1) is 11.2. The van der Waals surface area contributed by atoms with E-state index in [4.69, 9.17) is 9.47 Å². The molecule has 1 saturated heterocycles. The van der Waals surface area contributed by atoms with Gasteiger partial charge in [0.15, 0.2) is 5.96 Å². The van der Waals surface area contributed by atoms with Gasteiger partial charge in [0, 0.05) is 53.0 Å². The fraction of sp³-hybridized carbons (Fsp3) is 0.941. The van der Waals surface area contributed by atoms with Crippen molar-refractivity contribution >= 4 is 5.96 Å². The number of ether oxygens (including phenoxy) is 2. The van der Waals surface area contributed by atoms with Gasteiger partial charge >= 0.3 is 0 Å². The average molecular weight is 329 g/mol. The lowest BCUT2D eigenvalue weighted by atomic mass is 10.2. The number of hydrogen-bond acceptors (Lipinski definition) is 4. The molecule has 2 unspecified atom stereocenters. The number of rotatable bonds is 10. The Morgan fingerprint density at radius 2 is 1.78 bits per heavy atom. The van der Waals surface area contributed by atoms with Gasteiger partial charge in [-0.05, 0) is 40.0 Å². The third-order valence-corrected chi connectivity index (χ3v) is 3.87. The Morgan fingerprint density at radius 3 is 2.39 bits per heavy atom. The van der Waals surface area contributed by atoms with Crippen LogP contribution in [0.25, 0.3) is 0 Å². The lowest BCUT2D eigenvalue weighted by Gasteiger charge is -2.35. The summed E-state index contributed by atoms with van der Waals surface area (Å²) in [5, 5.41) is 6.73. The van der Waals surface area contributed by atoms with Crippen molar-refractivity contribution in [1.29, 1.82) is 0 Å². The second-order valence-electron chi connectivity index (χ2n) is 6.20. The number of unbranched alkanes of at least 4 members (excludes halogenated alkanes) is 1. The Hall–Kier alpha value is -0.850. The van der Waals surface area contributed by atoms with Crippen molar-refractivity contribution in [2.75, 3.05) is 53.0 Å². The Labute approximate surface area is 142 Å². The summed E-state index contributed by atoms with van der Waals surface area (Å²) in [7, 11) is 1.82. The molecule has 0 aromatic heterocycles. The first-order valence-electron chi connectivity index (χ1n) is 9.05. The summed E-state index contributed by atoms with van der Waals surface area (Å²) in [6, 6.07) is 0. The lowest BCUT2D eigenvalue weighted by Crippen LogP contribution is -2.46. The Balaban J connectivity index is 2.04. The second-order valence-corrected chi connectivity index (χ2v) is 6.20. The van der Waals surface area contributed by atoms with E-state index in [1.807, 2.05) is 14.0 Å². The highest BCUT2D eigenvalue weighted by atomic mass is 16.5. The van der Waals surface area contributed by atoms with Gasteiger partial charge in [0.05, 0.1) is 12.2 Å². The largest absolute Gasteiger partial charge is 0.382 e. The number of hydrogen-bond donors (Lipinski definition) is 2. The summed E-state index contributed by atoms with van der Waals surface area (Å²) in [4.78, 5) is 6.75. The average Bonchev–Trinajstić information content (AvgIpc) is 2.51. The molecular weight excluding hydrogens is 292 g/mol. The van der Waals surface area contributed by atoms with E-state index in [1.54, 1.807) is 0 Å². The van der Waals surface area contributed by atoms with Crippen molar-refractivity contribution in [3.8, 4) is 0 Å². The van der Waals surface area contributed by atoms with E-state index >= 15 is 0 Å². The molecule has 6 nitrogen and oxygen atoms in total. The zero-order valence-corrected chi connectivity index (χ0v) is 15.4. The van der Waals surface area contributed by atoms with E-state index in [-0.39, 0.29) is 0 Å². The van der Waals surface area contributed by atoms with Crippen molar-refractivity contribution in [1.82, 2.24) is 15.5 Å². The van der Waals surface area contributed by atoms with Crippen LogP contribution in [0.2, 0.25) is 0 Å². The molecule has 6 heteroatoms.